The third-order valence-electron chi connectivity index (χ3n) is 2.13. The van der Waals surface area contributed by atoms with Gasteiger partial charge in [-0.15, -0.1) is 0 Å². The maximum Gasteiger partial charge on any atom is 0.0680 e. The summed E-state index contributed by atoms with van der Waals surface area (Å²) in [5.74, 6) is 0. The SMILES string of the molecule is CCNc1ccc2c(cnn2C)c1. The van der Waals surface area contributed by atoms with Gasteiger partial charge in [0.15, 0.2) is 0 Å². The second kappa shape index (κ2) is 3.09. The number of rotatable bonds is 2. The highest BCUT2D eigenvalue weighted by Gasteiger charge is 1.98. The molecule has 0 saturated heterocycles. The first-order chi connectivity index (χ1) is 6.31. The molecule has 1 heterocycles. The van der Waals surface area contributed by atoms with Crippen molar-refractivity contribution in [1.82, 2.24) is 9.78 Å². The van der Waals surface area contributed by atoms with E-state index >= 15 is 0 Å². The number of benzene rings is 1. The van der Waals surface area contributed by atoms with Gasteiger partial charge in [0.1, 0.15) is 0 Å². The quantitative estimate of drug-likeness (QED) is 0.756. The molecule has 0 aliphatic rings. The van der Waals surface area contributed by atoms with Crippen molar-refractivity contribution in [2.75, 3.05) is 11.9 Å². The van der Waals surface area contributed by atoms with E-state index in [0.717, 1.165) is 12.2 Å². The van der Waals surface area contributed by atoms with Crippen molar-refractivity contribution in [2.45, 2.75) is 6.92 Å². The summed E-state index contributed by atoms with van der Waals surface area (Å²) in [4.78, 5) is 0. The van der Waals surface area contributed by atoms with E-state index in [-0.39, 0.29) is 0 Å². The van der Waals surface area contributed by atoms with Gasteiger partial charge in [-0.2, -0.15) is 5.10 Å². The number of hydrogen-bond acceptors (Lipinski definition) is 2. The fraction of sp³-hybridized carbons (Fsp3) is 0.300. The number of hydrogen-bond donors (Lipinski definition) is 1. The highest BCUT2D eigenvalue weighted by atomic mass is 15.2. The number of nitrogens with zero attached hydrogens (tertiary/aromatic N) is 2. The minimum atomic E-state index is 0.950. The zero-order valence-electron chi connectivity index (χ0n) is 7.91. The predicted octanol–water partition coefficient (Wildman–Crippen LogP) is 2.01. The van der Waals surface area contributed by atoms with Crippen molar-refractivity contribution in [3.63, 3.8) is 0 Å². The van der Waals surface area contributed by atoms with Gasteiger partial charge in [0.05, 0.1) is 11.7 Å². The molecule has 1 aromatic heterocycles. The second-order valence-electron chi connectivity index (χ2n) is 3.07. The van der Waals surface area contributed by atoms with E-state index in [2.05, 4.69) is 35.5 Å². The van der Waals surface area contributed by atoms with E-state index in [1.807, 2.05) is 17.9 Å². The molecule has 0 saturated carbocycles. The first kappa shape index (κ1) is 8.10. The topological polar surface area (TPSA) is 29.9 Å². The van der Waals surface area contributed by atoms with Gasteiger partial charge in [0.25, 0.3) is 0 Å². The van der Waals surface area contributed by atoms with Crippen molar-refractivity contribution < 1.29 is 0 Å². The Morgan fingerprint density at radius 3 is 3.08 bits per heavy atom. The van der Waals surface area contributed by atoms with Crippen LogP contribution in [0.5, 0.6) is 0 Å². The van der Waals surface area contributed by atoms with E-state index in [0.29, 0.717) is 0 Å². The van der Waals surface area contributed by atoms with E-state index in [9.17, 15) is 0 Å². The van der Waals surface area contributed by atoms with Crippen LogP contribution in [-0.2, 0) is 7.05 Å². The maximum atomic E-state index is 4.19. The molecule has 0 radical (unpaired) electrons. The van der Waals surface area contributed by atoms with Gasteiger partial charge in [0, 0.05) is 24.7 Å². The molecule has 0 unspecified atom stereocenters. The molecule has 0 fully saturated rings. The zero-order chi connectivity index (χ0) is 9.26. The Labute approximate surface area is 77.4 Å². The summed E-state index contributed by atoms with van der Waals surface area (Å²) in [7, 11) is 1.95. The van der Waals surface area contributed by atoms with Gasteiger partial charge in [-0.25, -0.2) is 0 Å². The summed E-state index contributed by atoms with van der Waals surface area (Å²) in [6.45, 7) is 3.04. The molecule has 0 bridgehead atoms. The summed E-state index contributed by atoms with van der Waals surface area (Å²) in [5, 5.41) is 8.64. The third kappa shape index (κ3) is 1.37. The molecule has 1 N–H and O–H groups in total. The summed E-state index contributed by atoms with van der Waals surface area (Å²) in [6, 6.07) is 6.28. The lowest BCUT2D eigenvalue weighted by Crippen LogP contribution is -1.95. The lowest BCUT2D eigenvalue weighted by atomic mass is 10.2. The first-order valence-corrected chi connectivity index (χ1v) is 4.47. The van der Waals surface area contributed by atoms with Gasteiger partial charge in [-0.05, 0) is 25.1 Å². The van der Waals surface area contributed by atoms with Gasteiger partial charge in [0.2, 0.25) is 0 Å². The van der Waals surface area contributed by atoms with Crippen molar-refractivity contribution >= 4 is 16.6 Å². The van der Waals surface area contributed by atoms with Gasteiger partial charge in [-0.3, -0.25) is 4.68 Å². The molecule has 0 amide bonds. The number of aryl methyl sites for hydroxylation is 1. The maximum absolute atomic E-state index is 4.19. The molecule has 2 aromatic rings. The monoisotopic (exact) mass is 175 g/mol. The Hall–Kier alpha value is -1.51. The molecule has 3 heteroatoms. The van der Waals surface area contributed by atoms with Crippen LogP contribution >= 0.6 is 0 Å². The molecule has 2 rings (SSSR count). The molecule has 68 valence electrons. The molecular formula is C10H13N3. The average Bonchev–Trinajstić information content (AvgIpc) is 2.48. The molecular weight excluding hydrogens is 162 g/mol. The molecule has 0 atom stereocenters. The fourth-order valence-electron chi connectivity index (χ4n) is 1.48. The van der Waals surface area contributed by atoms with Crippen molar-refractivity contribution in [2.24, 2.45) is 7.05 Å². The Bertz CT molecular complexity index is 417. The lowest BCUT2D eigenvalue weighted by Gasteiger charge is -2.02. The van der Waals surface area contributed by atoms with Crippen molar-refractivity contribution in [1.29, 1.82) is 0 Å². The summed E-state index contributed by atoms with van der Waals surface area (Å²) in [5.41, 5.74) is 2.32. The minimum absolute atomic E-state index is 0.950. The summed E-state index contributed by atoms with van der Waals surface area (Å²) in [6.07, 6.45) is 1.89. The highest BCUT2D eigenvalue weighted by molar-refractivity contribution is 5.82. The summed E-state index contributed by atoms with van der Waals surface area (Å²) < 4.78 is 1.88. The van der Waals surface area contributed by atoms with Crippen LogP contribution in [0.15, 0.2) is 24.4 Å². The second-order valence-corrected chi connectivity index (χ2v) is 3.07. The van der Waals surface area contributed by atoms with Crippen LogP contribution < -0.4 is 5.32 Å². The fourth-order valence-corrected chi connectivity index (χ4v) is 1.48. The molecule has 0 spiro atoms. The normalized spacial score (nSPS) is 10.6. The van der Waals surface area contributed by atoms with Crippen LogP contribution in [0.1, 0.15) is 6.92 Å². The lowest BCUT2D eigenvalue weighted by molar-refractivity contribution is 0.797. The molecule has 1 aromatic carbocycles. The van der Waals surface area contributed by atoms with Crippen LogP contribution in [0.3, 0.4) is 0 Å². The largest absolute Gasteiger partial charge is 0.385 e. The van der Waals surface area contributed by atoms with E-state index in [1.165, 1.54) is 10.9 Å². The third-order valence-corrected chi connectivity index (χ3v) is 2.13. The molecule has 0 aliphatic heterocycles. The van der Waals surface area contributed by atoms with Crippen LogP contribution in [0.25, 0.3) is 10.9 Å². The van der Waals surface area contributed by atoms with Gasteiger partial charge >= 0.3 is 0 Å². The van der Waals surface area contributed by atoms with Gasteiger partial charge in [-0.1, -0.05) is 0 Å². The van der Waals surface area contributed by atoms with Gasteiger partial charge < -0.3 is 5.32 Å². The number of aromatic nitrogens is 2. The van der Waals surface area contributed by atoms with Crippen molar-refractivity contribution in [3.05, 3.63) is 24.4 Å². The zero-order valence-corrected chi connectivity index (χ0v) is 7.91. The molecule has 13 heavy (non-hydrogen) atoms. The molecule has 0 aliphatic carbocycles. The Morgan fingerprint density at radius 1 is 1.46 bits per heavy atom. The minimum Gasteiger partial charge on any atom is -0.385 e. The summed E-state index contributed by atoms with van der Waals surface area (Å²) >= 11 is 0. The van der Waals surface area contributed by atoms with Crippen LogP contribution in [-0.4, -0.2) is 16.3 Å². The Kier molecular flexibility index (Phi) is 1.93. The number of anilines is 1. The number of nitrogens with one attached hydrogen (secondary N) is 1. The predicted molar refractivity (Wildman–Crippen MR) is 54.9 cm³/mol. The first-order valence-electron chi connectivity index (χ1n) is 4.47. The van der Waals surface area contributed by atoms with Crippen LogP contribution in [0, 0.1) is 0 Å². The van der Waals surface area contributed by atoms with E-state index < -0.39 is 0 Å². The standard InChI is InChI=1S/C10H13N3/c1-3-11-9-4-5-10-8(6-9)7-12-13(10)2/h4-7,11H,3H2,1-2H3. The average molecular weight is 175 g/mol. The smallest absolute Gasteiger partial charge is 0.0680 e. The van der Waals surface area contributed by atoms with E-state index in [4.69, 9.17) is 0 Å². The molecule has 3 nitrogen and oxygen atoms in total. The van der Waals surface area contributed by atoms with Crippen LogP contribution in [0.2, 0.25) is 0 Å². The Morgan fingerprint density at radius 2 is 2.31 bits per heavy atom. The number of fused-ring (bicyclic) bond motifs is 1. The highest BCUT2D eigenvalue weighted by Crippen LogP contribution is 2.17. The van der Waals surface area contributed by atoms with Crippen LogP contribution in [0.4, 0.5) is 5.69 Å². The Balaban J connectivity index is 2.50. The van der Waals surface area contributed by atoms with Crippen molar-refractivity contribution in [3.8, 4) is 0 Å². The van der Waals surface area contributed by atoms with E-state index in [1.54, 1.807) is 0 Å².